The molecule has 4 rings (SSSR count). The Balaban J connectivity index is 1.65. The summed E-state index contributed by atoms with van der Waals surface area (Å²) in [5.41, 5.74) is 15.6. The Kier molecular flexibility index (Phi) is 7.40. The molecule has 4 aromatic heterocycles. The lowest BCUT2D eigenvalue weighted by molar-refractivity contribution is 0.258. The van der Waals surface area contributed by atoms with Crippen LogP contribution in [-0.4, -0.2) is 79.2 Å². The molecule has 4 aromatic rings. The maximum Gasteiger partial charge on any atom is 0.351 e. The van der Waals surface area contributed by atoms with Crippen molar-refractivity contribution >= 4 is 45.3 Å². The number of pyridine rings is 1. The van der Waals surface area contributed by atoms with Crippen LogP contribution in [0.3, 0.4) is 0 Å². The number of nitrogens with zero attached hydrogens (tertiary/aromatic N) is 6. The standard InChI is InChI=1S/C21H29N13O4/c1-25-11-9-10-12(17(35)27-11)14(23)28-20(37)33(10)7-5-32(4-3-22)6-8-34-16-13(15(24)29-21(34)38)18(36)31-19(26-2)30-16/h9H,3-8,22H2,1-2H3,(H2,23,28,37)(H2,24,29,38)(H2,25,27,35)(H2,26,30,31,36). The molecule has 0 fully saturated rings. The number of rotatable bonds is 10. The first-order chi connectivity index (χ1) is 18.2. The summed E-state index contributed by atoms with van der Waals surface area (Å²) in [7, 11) is 3.21. The third-order valence-electron chi connectivity index (χ3n) is 6.10. The SMILES string of the molecule is CNc1cc2c(c(N)nc(=O)n2CCN(CCN)CCn2c(=O)nc(N)c3c(=O)[nH]c(NC)nc32)c(=O)[nH]1. The number of hydrogen-bond acceptors (Lipinski definition) is 13. The summed E-state index contributed by atoms with van der Waals surface area (Å²) >= 11 is 0. The number of nitrogens with two attached hydrogens (primary N) is 3. The lowest BCUT2D eigenvalue weighted by Gasteiger charge is -2.23. The molecule has 0 aliphatic carbocycles. The van der Waals surface area contributed by atoms with Crippen LogP contribution in [-0.2, 0) is 13.1 Å². The molecule has 0 saturated heterocycles. The smallest absolute Gasteiger partial charge is 0.351 e. The number of aromatic amines is 2. The van der Waals surface area contributed by atoms with E-state index in [1.54, 1.807) is 20.2 Å². The molecule has 0 atom stereocenters. The summed E-state index contributed by atoms with van der Waals surface area (Å²) in [5, 5.41) is 5.70. The van der Waals surface area contributed by atoms with E-state index in [2.05, 4.69) is 35.6 Å². The first-order valence-corrected chi connectivity index (χ1v) is 11.7. The monoisotopic (exact) mass is 527 g/mol. The molecule has 0 spiro atoms. The molecule has 0 bridgehead atoms. The maximum atomic E-state index is 12.7. The second-order valence-electron chi connectivity index (χ2n) is 8.38. The Bertz CT molecular complexity index is 1610. The van der Waals surface area contributed by atoms with Crippen molar-refractivity contribution in [3.63, 3.8) is 0 Å². The lowest BCUT2D eigenvalue weighted by atomic mass is 10.2. The van der Waals surface area contributed by atoms with Crippen LogP contribution in [0.15, 0.2) is 25.2 Å². The van der Waals surface area contributed by atoms with E-state index in [-0.39, 0.29) is 47.1 Å². The molecule has 0 unspecified atom stereocenters. The van der Waals surface area contributed by atoms with E-state index in [9.17, 15) is 19.2 Å². The third-order valence-corrected chi connectivity index (χ3v) is 6.10. The van der Waals surface area contributed by atoms with E-state index >= 15 is 0 Å². The molecule has 4 heterocycles. The van der Waals surface area contributed by atoms with Crippen LogP contribution < -0.4 is 50.3 Å². The molecule has 10 N–H and O–H groups in total. The number of fused-ring (bicyclic) bond motifs is 2. The van der Waals surface area contributed by atoms with Gasteiger partial charge < -0.3 is 32.8 Å². The molecule has 0 aliphatic heterocycles. The van der Waals surface area contributed by atoms with Gasteiger partial charge in [0.2, 0.25) is 5.95 Å². The minimum atomic E-state index is -0.661. The van der Waals surface area contributed by atoms with Gasteiger partial charge in [0.1, 0.15) is 28.2 Å². The Morgan fingerprint density at radius 1 is 0.842 bits per heavy atom. The van der Waals surface area contributed by atoms with Gasteiger partial charge in [-0.25, -0.2) is 9.59 Å². The van der Waals surface area contributed by atoms with Crippen LogP contribution >= 0.6 is 0 Å². The number of H-pyrrole nitrogens is 2. The fraction of sp³-hybridized carbons (Fsp3) is 0.381. The molecule has 0 saturated carbocycles. The van der Waals surface area contributed by atoms with Gasteiger partial charge in [0.15, 0.2) is 5.65 Å². The second-order valence-corrected chi connectivity index (χ2v) is 8.38. The van der Waals surface area contributed by atoms with E-state index in [1.807, 2.05) is 4.90 Å². The zero-order chi connectivity index (χ0) is 27.6. The highest BCUT2D eigenvalue weighted by Gasteiger charge is 2.17. The van der Waals surface area contributed by atoms with E-state index < -0.39 is 22.5 Å². The average Bonchev–Trinajstić information content (AvgIpc) is 2.86. The van der Waals surface area contributed by atoms with Crippen molar-refractivity contribution in [2.24, 2.45) is 5.73 Å². The fourth-order valence-corrected chi connectivity index (χ4v) is 4.20. The second kappa shape index (κ2) is 10.7. The van der Waals surface area contributed by atoms with Gasteiger partial charge >= 0.3 is 11.4 Å². The van der Waals surface area contributed by atoms with Crippen LogP contribution in [0.1, 0.15) is 0 Å². The Morgan fingerprint density at radius 3 is 2.08 bits per heavy atom. The van der Waals surface area contributed by atoms with Crippen LogP contribution in [0.5, 0.6) is 0 Å². The van der Waals surface area contributed by atoms with Crippen molar-refractivity contribution in [1.82, 2.24) is 39.0 Å². The molecule has 38 heavy (non-hydrogen) atoms. The summed E-state index contributed by atoms with van der Waals surface area (Å²) in [6.07, 6.45) is 0. The van der Waals surface area contributed by atoms with Crippen molar-refractivity contribution < 1.29 is 0 Å². The predicted octanol–water partition coefficient (Wildman–Crippen LogP) is -2.91. The molecular formula is C21H29N13O4. The van der Waals surface area contributed by atoms with Crippen molar-refractivity contribution in [2.75, 3.05) is 62.4 Å². The van der Waals surface area contributed by atoms with Gasteiger partial charge in [-0.05, 0) is 0 Å². The number of aromatic nitrogens is 7. The Labute approximate surface area is 213 Å². The van der Waals surface area contributed by atoms with Gasteiger partial charge in [-0.3, -0.25) is 28.6 Å². The highest BCUT2D eigenvalue weighted by Crippen LogP contribution is 2.16. The molecule has 17 heteroatoms. The first kappa shape index (κ1) is 26.3. The summed E-state index contributed by atoms with van der Waals surface area (Å²) in [4.78, 5) is 69.4. The van der Waals surface area contributed by atoms with Crippen molar-refractivity contribution in [2.45, 2.75) is 13.1 Å². The highest BCUT2D eigenvalue weighted by atomic mass is 16.2. The zero-order valence-corrected chi connectivity index (χ0v) is 20.9. The van der Waals surface area contributed by atoms with E-state index in [1.165, 1.54) is 9.13 Å². The average molecular weight is 528 g/mol. The number of hydrogen-bond donors (Lipinski definition) is 7. The lowest BCUT2D eigenvalue weighted by Crippen LogP contribution is -2.39. The topological polar surface area (TPSA) is 254 Å². The van der Waals surface area contributed by atoms with Crippen molar-refractivity contribution in [3.8, 4) is 0 Å². The Hall–Kier alpha value is -4.77. The van der Waals surface area contributed by atoms with E-state index in [0.717, 1.165) is 0 Å². The number of anilines is 4. The minimum absolute atomic E-state index is 0.00510. The van der Waals surface area contributed by atoms with Gasteiger partial charge in [-0.2, -0.15) is 15.0 Å². The molecule has 202 valence electrons. The third kappa shape index (κ3) is 4.91. The predicted molar refractivity (Wildman–Crippen MR) is 144 cm³/mol. The molecule has 0 aliphatic rings. The molecule has 0 aromatic carbocycles. The van der Waals surface area contributed by atoms with Gasteiger partial charge in [-0.1, -0.05) is 0 Å². The first-order valence-electron chi connectivity index (χ1n) is 11.7. The van der Waals surface area contributed by atoms with Crippen molar-refractivity contribution in [1.29, 1.82) is 0 Å². The highest BCUT2D eigenvalue weighted by molar-refractivity contribution is 5.88. The van der Waals surface area contributed by atoms with E-state index in [4.69, 9.17) is 17.2 Å². The van der Waals surface area contributed by atoms with Crippen LogP contribution in [0, 0.1) is 0 Å². The number of nitrogens with one attached hydrogen (secondary N) is 4. The largest absolute Gasteiger partial charge is 0.383 e. The van der Waals surface area contributed by atoms with Gasteiger partial charge in [-0.15, -0.1) is 0 Å². The van der Waals surface area contributed by atoms with E-state index in [0.29, 0.717) is 37.5 Å². The quantitative estimate of drug-likeness (QED) is 0.109. The summed E-state index contributed by atoms with van der Waals surface area (Å²) < 4.78 is 2.62. The van der Waals surface area contributed by atoms with Crippen molar-refractivity contribution in [3.05, 3.63) is 47.7 Å². The molecular weight excluding hydrogens is 498 g/mol. The van der Waals surface area contributed by atoms with Crippen LogP contribution in [0.4, 0.5) is 23.4 Å². The van der Waals surface area contributed by atoms with Gasteiger partial charge in [0.05, 0.1) is 5.52 Å². The summed E-state index contributed by atoms with van der Waals surface area (Å²) in [5.74, 6) is 0.202. The molecule has 0 radical (unpaired) electrons. The fourth-order valence-electron chi connectivity index (χ4n) is 4.20. The van der Waals surface area contributed by atoms with Crippen LogP contribution in [0.25, 0.3) is 21.9 Å². The normalized spacial score (nSPS) is 11.5. The van der Waals surface area contributed by atoms with Gasteiger partial charge in [0, 0.05) is 59.4 Å². The summed E-state index contributed by atoms with van der Waals surface area (Å²) in [6.45, 7) is 1.63. The van der Waals surface area contributed by atoms with Gasteiger partial charge in [0.25, 0.3) is 11.1 Å². The van der Waals surface area contributed by atoms with Crippen LogP contribution in [0.2, 0.25) is 0 Å². The Morgan fingerprint density at radius 2 is 1.45 bits per heavy atom. The maximum absolute atomic E-state index is 12.7. The number of nitrogen functional groups attached to an aromatic ring is 2. The zero-order valence-electron chi connectivity index (χ0n) is 20.9. The molecule has 0 amide bonds. The molecule has 17 nitrogen and oxygen atoms in total. The summed E-state index contributed by atoms with van der Waals surface area (Å²) in [6, 6.07) is 1.61. The minimum Gasteiger partial charge on any atom is -0.383 e.